The minimum absolute atomic E-state index is 0.0467. The number of benzene rings is 3. The van der Waals surface area contributed by atoms with Crippen LogP contribution in [0.2, 0.25) is 0 Å². The Hall–Kier alpha value is -4.11. The average Bonchev–Trinajstić information content (AvgIpc) is 3.47. The van der Waals surface area contributed by atoms with Gasteiger partial charge in [0.2, 0.25) is 12.1 Å². The van der Waals surface area contributed by atoms with Crippen molar-refractivity contribution in [2.45, 2.75) is 30.4 Å². The molecule has 0 saturated carbocycles. The van der Waals surface area contributed by atoms with Gasteiger partial charge in [-0.2, -0.15) is 5.10 Å². The first-order valence-electron chi connectivity index (χ1n) is 11.5. The topological polar surface area (TPSA) is 97.3 Å². The number of imide groups is 1. The fourth-order valence-electron chi connectivity index (χ4n) is 4.61. The van der Waals surface area contributed by atoms with E-state index in [4.69, 9.17) is 14.6 Å². The molecule has 3 aliphatic rings. The Morgan fingerprint density at radius 2 is 1.78 bits per heavy atom. The van der Waals surface area contributed by atoms with Crippen LogP contribution >= 0.6 is 11.8 Å². The first kappa shape index (κ1) is 22.4. The van der Waals surface area contributed by atoms with E-state index in [1.165, 1.54) is 0 Å². The van der Waals surface area contributed by atoms with E-state index in [9.17, 15) is 14.4 Å². The monoisotopic (exact) mass is 499 g/mol. The van der Waals surface area contributed by atoms with Crippen LogP contribution in [0.1, 0.15) is 41.8 Å². The third kappa shape index (κ3) is 4.22. The fraction of sp³-hybridized carbons (Fsp3) is 0.185. The normalized spacial score (nSPS) is 22.3. The Morgan fingerprint density at radius 1 is 1.03 bits per heavy atom. The molecule has 8 nitrogen and oxygen atoms in total. The molecule has 36 heavy (non-hydrogen) atoms. The van der Waals surface area contributed by atoms with Gasteiger partial charge in [-0.15, -0.1) is 0 Å². The molecule has 0 aromatic heterocycles. The fourth-order valence-corrected chi connectivity index (χ4v) is 5.42. The Labute approximate surface area is 211 Å². The van der Waals surface area contributed by atoms with Crippen molar-refractivity contribution in [3.63, 3.8) is 0 Å². The number of hydrogen-bond acceptors (Lipinski definition) is 8. The summed E-state index contributed by atoms with van der Waals surface area (Å²) in [5.41, 5.74) is 4.05. The first-order chi connectivity index (χ1) is 17.5. The molecule has 0 radical (unpaired) electrons. The minimum Gasteiger partial charge on any atom is -0.464 e. The third-order valence-corrected chi connectivity index (χ3v) is 7.30. The van der Waals surface area contributed by atoms with Gasteiger partial charge in [0.25, 0.3) is 5.24 Å². The number of para-hydroxylation sites is 1. The molecule has 9 heteroatoms. The number of thioether (sulfide) groups is 1. The molecule has 0 bridgehead atoms. The van der Waals surface area contributed by atoms with Gasteiger partial charge < -0.3 is 9.47 Å². The van der Waals surface area contributed by atoms with Gasteiger partial charge in [-0.1, -0.05) is 60.3 Å². The number of hydrazone groups is 1. The Balaban J connectivity index is 1.22. The largest absolute Gasteiger partial charge is 0.464 e. The van der Waals surface area contributed by atoms with E-state index >= 15 is 0 Å². The number of esters is 1. The minimum atomic E-state index is -0.760. The van der Waals surface area contributed by atoms with Gasteiger partial charge in [0, 0.05) is 17.5 Å². The molecule has 0 aliphatic carbocycles. The standard InChI is InChI=1S/C27H21N3O5S/c31-24(15-23-25(32)28-27(33)36-23)34-18-12-10-17(11-13-18)26-30-21(19-8-4-5-9-22(19)35-26)14-20(29-30)16-6-2-1-3-7-16/h1-13,21,23,26H,14-15H2,(H,28,32,33)/t21-,23+,26+/m0/s1. The molecular formula is C27H21N3O5S. The van der Waals surface area contributed by atoms with Gasteiger partial charge >= 0.3 is 5.97 Å². The number of nitrogens with one attached hydrogen (secondary N) is 1. The van der Waals surface area contributed by atoms with Crippen LogP contribution < -0.4 is 14.8 Å². The molecule has 1 N–H and O–H groups in total. The number of rotatable bonds is 5. The summed E-state index contributed by atoms with van der Waals surface area (Å²) in [5, 5.41) is 7.91. The number of fused-ring (bicyclic) bond motifs is 3. The number of carbonyl (C=O) groups is 3. The molecule has 0 unspecified atom stereocenters. The van der Waals surface area contributed by atoms with Gasteiger partial charge in [0.05, 0.1) is 18.2 Å². The van der Waals surface area contributed by atoms with Gasteiger partial charge in [-0.25, -0.2) is 5.01 Å². The lowest BCUT2D eigenvalue weighted by molar-refractivity contribution is -0.135. The molecule has 1 fully saturated rings. The highest BCUT2D eigenvalue weighted by atomic mass is 32.2. The average molecular weight is 500 g/mol. The third-order valence-electron chi connectivity index (χ3n) is 6.32. The summed E-state index contributed by atoms with van der Waals surface area (Å²) in [6.07, 6.45) is 0.144. The van der Waals surface area contributed by atoms with Crippen molar-refractivity contribution in [3.05, 3.63) is 95.6 Å². The van der Waals surface area contributed by atoms with Crippen molar-refractivity contribution in [1.29, 1.82) is 0 Å². The summed E-state index contributed by atoms with van der Waals surface area (Å²) < 4.78 is 11.8. The van der Waals surface area contributed by atoms with Gasteiger partial charge in [0.1, 0.15) is 16.7 Å². The lowest BCUT2D eigenvalue weighted by Gasteiger charge is -2.38. The maximum absolute atomic E-state index is 12.3. The second-order valence-electron chi connectivity index (χ2n) is 8.65. The lowest BCUT2D eigenvalue weighted by atomic mass is 9.96. The van der Waals surface area contributed by atoms with Crippen molar-refractivity contribution < 1.29 is 23.9 Å². The summed E-state index contributed by atoms with van der Waals surface area (Å²) in [6, 6.07) is 25.2. The molecule has 3 heterocycles. The van der Waals surface area contributed by atoms with Crippen molar-refractivity contribution in [2.75, 3.05) is 0 Å². The number of amides is 2. The summed E-state index contributed by atoms with van der Waals surface area (Å²) in [5.74, 6) is 0.124. The van der Waals surface area contributed by atoms with E-state index in [1.54, 1.807) is 12.1 Å². The number of carbonyl (C=O) groups excluding carboxylic acids is 3. The number of hydrogen-bond donors (Lipinski definition) is 1. The molecule has 3 aromatic carbocycles. The van der Waals surface area contributed by atoms with E-state index in [0.717, 1.165) is 46.3 Å². The van der Waals surface area contributed by atoms with Gasteiger partial charge in [-0.3, -0.25) is 19.7 Å². The van der Waals surface area contributed by atoms with Gasteiger partial charge in [0.15, 0.2) is 0 Å². The summed E-state index contributed by atoms with van der Waals surface area (Å²) in [4.78, 5) is 35.3. The van der Waals surface area contributed by atoms with Crippen LogP contribution in [0.5, 0.6) is 11.5 Å². The molecular weight excluding hydrogens is 478 g/mol. The van der Waals surface area contributed by atoms with Crippen LogP contribution in [0.15, 0.2) is 84.0 Å². The molecule has 1 saturated heterocycles. The van der Waals surface area contributed by atoms with Crippen molar-refractivity contribution in [2.24, 2.45) is 5.10 Å². The van der Waals surface area contributed by atoms with Crippen LogP contribution in [0.25, 0.3) is 0 Å². The highest BCUT2D eigenvalue weighted by Gasteiger charge is 2.41. The van der Waals surface area contributed by atoms with Crippen LogP contribution in [-0.2, 0) is 9.59 Å². The molecule has 3 aromatic rings. The smallest absolute Gasteiger partial charge is 0.312 e. The predicted molar refractivity (Wildman–Crippen MR) is 134 cm³/mol. The quantitative estimate of drug-likeness (QED) is 0.406. The molecule has 2 amide bonds. The van der Waals surface area contributed by atoms with Crippen LogP contribution in [0, 0.1) is 0 Å². The highest BCUT2D eigenvalue weighted by molar-refractivity contribution is 8.15. The highest BCUT2D eigenvalue weighted by Crippen LogP contribution is 2.47. The summed E-state index contributed by atoms with van der Waals surface area (Å²) in [7, 11) is 0. The maximum Gasteiger partial charge on any atom is 0.312 e. The predicted octanol–water partition coefficient (Wildman–Crippen LogP) is 4.58. The van der Waals surface area contributed by atoms with E-state index in [2.05, 4.69) is 23.5 Å². The van der Waals surface area contributed by atoms with Crippen LogP contribution in [0.3, 0.4) is 0 Å². The van der Waals surface area contributed by atoms with Crippen LogP contribution in [0.4, 0.5) is 4.79 Å². The van der Waals surface area contributed by atoms with E-state index in [-0.39, 0.29) is 12.5 Å². The van der Waals surface area contributed by atoms with E-state index in [1.807, 2.05) is 53.5 Å². The number of nitrogens with zero attached hydrogens (tertiary/aromatic N) is 2. The summed E-state index contributed by atoms with van der Waals surface area (Å²) >= 11 is 0.801. The molecule has 6 rings (SSSR count). The zero-order valence-electron chi connectivity index (χ0n) is 19.0. The molecule has 180 valence electrons. The van der Waals surface area contributed by atoms with E-state index in [0.29, 0.717) is 5.75 Å². The Kier molecular flexibility index (Phi) is 5.69. The van der Waals surface area contributed by atoms with Gasteiger partial charge in [-0.05, 0) is 35.9 Å². The number of ether oxygens (including phenoxy) is 2. The second-order valence-corrected chi connectivity index (χ2v) is 9.83. The van der Waals surface area contributed by atoms with Crippen LogP contribution in [-0.4, -0.2) is 33.1 Å². The van der Waals surface area contributed by atoms with Crippen molar-refractivity contribution in [1.82, 2.24) is 10.3 Å². The Bertz CT molecular complexity index is 1380. The molecule has 3 atom stereocenters. The van der Waals surface area contributed by atoms with E-state index < -0.39 is 28.6 Å². The maximum atomic E-state index is 12.3. The molecule has 0 spiro atoms. The zero-order chi connectivity index (χ0) is 24.6. The van der Waals surface area contributed by atoms with Crippen molar-refractivity contribution >= 4 is 34.6 Å². The lowest BCUT2D eigenvalue weighted by Crippen LogP contribution is -2.33. The second kappa shape index (κ2) is 9.16. The van der Waals surface area contributed by atoms with Crippen molar-refractivity contribution in [3.8, 4) is 11.5 Å². The first-order valence-corrected chi connectivity index (χ1v) is 12.4. The molecule has 3 aliphatic heterocycles. The zero-order valence-corrected chi connectivity index (χ0v) is 19.8. The Morgan fingerprint density at radius 3 is 2.53 bits per heavy atom. The summed E-state index contributed by atoms with van der Waals surface area (Å²) in [6.45, 7) is 0. The SMILES string of the molecule is O=C(C[C@H]1SC(=O)NC1=O)Oc1ccc([C@H]2Oc3ccccc3[C@@H]3CC(c4ccccc4)=NN23)cc1.